The van der Waals surface area contributed by atoms with Crippen molar-refractivity contribution >= 4 is 11.9 Å². The maximum Gasteiger partial charge on any atom is 0.413 e. The number of nitrogens with one attached hydrogen (secondary N) is 1. The van der Waals surface area contributed by atoms with E-state index in [-0.39, 0.29) is 0 Å². The van der Waals surface area contributed by atoms with Gasteiger partial charge in [-0.3, -0.25) is 5.32 Å². The van der Waals surface area contributed by atoms with E-state index in [2.05, 4.69) is 10.5 Å². The minimum Gasteiger partial charge on any atom is -0.444 e. The summed E-state index contributed by atoms with van der Waals surface area (Å²) in [5.74, 6) is 1.74. The number of amides is 1. The van der Waals surface area contributed by atoms with Gasteiger partial charge < -0.3 is 9.26 Å². The van der Waals surface area contributed by atoms with E-state index >= 15 is 0 Å². The first-order chi connectivity index (χ1) is 7.44. The van der Waals surface area contributed by atoms with E-state index in [1.807, 2.05) is 20.8 Å². The third-order valence-corrected chi connectivity index (χ3v) is 2.14. The maximum atomic E-state index is 11.4. The van der Waals surface area contributed by atoms with Crippen molar-refractivity contribution in [2.45, 2.75) is 45.1 Å². The topological polar surface area (TPSA) is 64.4 Å². The van der Waals surface area contributed by atoms with Crippen molar-refractivity contribution in [3.05, 3.63) is 11.8 Å². The summed E-state index contributed by atoms with van der Waals surface area (Å²) in [5.41, 5.74) is -0.507. The van der Waals surface area contributed by atoms with Crippen LogP contribution in [0.25, 0.3) is 0 Å². The van der Waals surface area contributed by atoms with Crippen LogP contribution in [0, 0.1) is 0 Å². The van der Waals surface area contributed by atoms with Crippen LogP contribution in [-0.2, 0) is 4.74 Å². The number of ether oxygens (including phenoxy) is 1. The van der Waals surface area contributed by atoms with E-state index in [0.717, 1.165) is 18.6 Å². The largest absolute Gasteiger partial charge is 0.444 e. The molecular formula is C11H16N2O3. The summed E-state index contributed by atoms with van der Waals surface area (Å²) in [7, 11) is 0. The van der Waals surface area contributed by atoms with Crippen LogP contribution in [-0.4, -0.2) is 16.9 Å². The van der Waals surface area contributed by atoms with E-state index < -0.39 is 11.7 Å². The highest BCUT2D eigenvalue weighted by molar-refractivity contribution is 5.83. The number of carbonyl (C=O) groups excluding carboxylic acids is 1. The summed E-state index contributed by atoms with van der Waals surface area (Å²) in [4.78, 5) is 11.4. The van der Waals surface area contributed by atoms with Crippen LogP contribution >= 0.6 is 0 Å². The number of rotatable bonds is 2. The highest BCUT2D eigenvalue weighted by Crippen LogP contribution is 2.40. The molecule has 0 aromatic carbocycles. The molecule has 5 nitrogen and oxygen atoms in total. The first-order valence-corrected chi connectivity index (χ1v) is 5.41. The van der Waals surface area contributed by atoms with Gasteiger partial charge in [0.25, 0.3) is 0 Å². The Morgan fingerprint density at radius 1 is 1.56 bits per heavy atom. The first kappa shape index (κ1) is 11.0. The lowest BCUT2D eigenvalue weighted by atomic mass is 10.2. The monoisotopic (exact) mass is 224 g/mol. The average molecular weight is 224 g/mol. The molecule has 0 atom stereocenters. The highest BCUT2D eigenvalue weighted by atomic mass is 16.6. The van der Waals surface area contributed by atoms with E-state index in [1.165, 1.54) is 0 Å². The van der Waals surface area contributed by atoms with Gasteiger partial charge in [0, 0.05) is 12.0 Å². The molecule has 88 valence electrons. The second-order valence-electron chi connectivity index (χ2n) is 5.02. The maximum absolute atomic E-state index is 11.4. The van der Waals surface area contributed by atoms with Gasteiger partial charge in [-0.2, -0.15) is 0 Å². The van der Waals surface area contributed by atoms with Crippen LogP contribution < -0.4 is 5.32 Å². The molecule has 1 fully saturated rings. The Bertz CT molecular complexity index is 388. The molecule has 5 heteroatoms. The van der Waals surface area contributed by atoms with E-state index in [9.17, 15) is 4.79 Å². The Morgan fingerprint density at radius 3 is 2.81 bits per heavy atom. The predicted molar refractivity (Wildman–Crippen MR) is 58.3 cm³/mol. The van der Waals surface area contributed by atoms with Crippen molar-refractivity contribution in [2.75, 3.05) is 5.32 Å². The molecule has 0 bridgehead atoms. The lowest BCUT2D eigenvalue weighted by molar-refractivity contribution is 0.0634. The molecule has 0 radical (unpaired) electrons. The van der Waals surface area contributed by atoms with E-state index in [1.54, 1.807) is 6.07 Å². The van der Waals surface area contributed by atoms with E-state index in [4.69, 9.17) is 9.26 Å². The minimum absolute atomic E-state index is 0.413. The molecule has 0 unspecified atom stereocenters. The summed E-state index contributed by atoms with van der Waals surface area (Å²) in [5, 5.41) is 6.30. The molecule has 0 spiro atoms. The van der Waals surface area contributed by atoms with Crippen LogP contribution in [0.4, 0.5) is 10.6 Å². The summed E-state index contributed by atoms with van der Waals surface area (Å²) >= 11 is 0. The highest BCUT2D eigenvalue weighted by Gasteiger charge is 2.28. The van der Waals surface area contributed by atoms with Crippen molar-refractivity contribution in [1.82, 2.24) is 5.16 Å². The number of hydrogen-bond donors (Lipinski definition) is 1. The number of hydrogen-bond acceptors (Lipinski definition) is 4. The van der Waals surface area contributed by atoms with Crippen LogP contribution in [0.5, 0.6) is 0 Å². The molecule has 1 N–H and O–H groups in total. The quantitative estimate of drug-likeness (QED) is 0.838. The second-order valence-corrected chi connectivity index (χ2v) is 5.02. The summed E-state index contributed by atoms with van der Waals surface area (Å²) in [6.45, 7) is 5.43. The zero-order valence-corrected chi connectivity index (χ0v) is 9.74. The smallest absolute Gasteiger partial charge is 0.413 e. The van der Waals surface area contributed by atoms with Crippen molar-refractivity contribution in [3.63, 3.8) is 0 Å². The van der Waals surface area contributed by atoms with Crippen molar-refractivity contribution in [1.29, 1.82) is 0 Å². The van der Waals surface area contributed by atoms with Gasteiger partial charge in [0.2, 0.25) is 0 Å². The first-order valence-electron chi connectivity index (χ1n) is 5.41. The van der Waals surface area contributed by atoms with Crippen LogP contribution in [0.15, 0.2) is 10.6 Å². The molecule has 1 saturated carbocycles. The van der Waals surface area contributed by atoms with Gasteiger partial charge in [-0.1, -0.05) is 5.16 Å². The number of aromatic nitrogens is 1. The van der Waals surface area contributed by atoms with E-state index in [0.29, 0.717) is 11.7 Å². The standard InChI is InChI=1S/C11H16N2O3/c1-11(2,3)15-10(14)12-9-6-8(16-13-9)7-4-5-7/h6-7H,4-5H2,1-3H3,(H,12,13,14). The zero-order valence-electron chi connectivity index (χ0n) is 9.74. The van der Waals surface area contributed by atoms with Gasteiger partial charge >= 0.3 is 6.09 Å². The number of carbonyl (C=O) groups is 1. The Balaban J connectivity index is 1.90. The Hall–Kier alpha value is -1.52. The molecule has 0 saturated heterocycles. The minimum atomic E-state index is -0.511. The lowest BCUT2D eigenvalue weighted by Gasteiger charge is -2.18. The van der Waals surface area contributed by atoms with Gasteiger partial charge in [0.15, 0.2) is 5.82 Å². The SMILES string of the molecule is CC(C)(C)OC(=O)Nc1cc(C2CC2)on1. The van der Waals surface area contributed by atoms with Crippen molar-refractivity contribution < 1.29 is 14.1 Å². The average Bonchev–Trinajstić information content (AvgIpc) is 2.85. The molecule has 1 aromatic heterocycles. The molecule has 1 aliphatic rings. The number of anilines is 1. The van der Waals surface area contributed by atoms with Gasteiger partial charge in [-0.25, -0.2) is 4.79 Å². The molecule has 1 amide bonds. The fraction of sp³-hybridized carbons (Fsp3) is 0.636. The van der Waals surface area contributed by atoms with Crippen LogP contribution in [0.2, 0.25) is 0 Å². The number of nitrogens with zero attached hydrogens (tertiary/aromatic N) is 1. The van der Waals surface area contributed by atoms with Crippen LogP contribution in [0.3, 0.4) is 0 Å². The van der Waals surface area contributed by atoms with Gasteiger partial charge in [-0.05, 0) is 33.6 Å². The molecule has 0 aliphatic heterocycles. The molecular weight excluding hydrogens is 208 g/mol. The van der Waals surface area contributed by atoms with Crippen LogP contribution in [0.1, 0.15) is 45.3 Å². The molecule has 1 heterocycles. The summed E-state index contributed by atoms with van der Waals surface area (Å²) in [6.07, 6.45) is 1.77. The van der Waals surface area contributed by atoms with Gasteiger partial charge in [-0.15, -0.1) is 0 Å². The van der Waals surface area contributed by atoms with Gasteiger partial charge in [0.05, 0.1) is 0 Å². The fourth-order valence-corrected chi connectivity index (χ4v) is 1.32. The second kappa shape index (κ2) is 3.81. The fourth-order valence-electron chi connectivity index (χ4n) is 1.32. The Labute approximate surface area is 94.1 Å². The Morgan fingerprint density at radius 2 is 2.25 bits per heavy atom. The van der Waals surface area contributed by atoms with Gasteiger partial charge in [0.1, 0.15) is 11.4 Å². The summed E-state index contributed by atoms with van der Waals surface area (Å²) < 4.78 is 10.2. The Kier molecular flexibility index (Phi) is 2.61. The zero-order chi connectivity index (χ0) is 11.8. The lowest BCUT2D eigenvalue weighted by Crippen LogP contribution is -2.27. The summed E-state index contributed by atoms with van der Waals surface area (Å²) in [6, 6.07) is 1.75. The van der Waals surface area contributed by atoms with Crippen molar-refractivity contribution in [3.8, 4) is 0 Å². The third-order valence-electron chi connectivity index (χ3n) is 2.14. The predicted octanol–water partition coefficient (Wildman–Crippen LogP) is 2.90. The molecule has 16 heavy (non-hydrogen) atoms. The van der Waals surface area contributed by atoms with Crippen molar-refractivity contribution in [2.24, 2.45) is 0 Å². The molecule has 1 aromatic rings. The normalized spacial score (nSPS) is 15.9. The third kappa shape index (κ3) is 2.98. The molecule has 1 aliphatic carbocycles. The molecule has 2 rings (SSSR count).